The highest BCUT2D eigenvalue weighted by molar-refractivity contribution is 5.26. The molecule has 2 aromatic rings. The SMILES string of the molecule is Cc1nccc(CNc2nccn2C)n1. The van der Waals surface area contributed by atoms with E-state index in [-0.39, 0.29) is 0 Å². The van der Waals surface area contributed by atoms with Crippen molar-refractivity contribution in [2.45, 2.75) is 13.5 Å². The van der Waals surface area contributed by atoms with Crippen LogP contribution in [-0.2, 0) is 13.6 Å². The normalized spacial score (nSPS) is 10.3. The molecule has 78 valence electrons. The van der Waals surface area contributed by atoms with E-state index in [1.807, 2.05) is 30.8 Å². The predicted octanol–water partition coefficient (Wildman–Crippen LogP) is 1.13. The maximum Gasteiger partial charge on any atom is 0.202 e. The van der Waals surface area contributed by atoms with E-state index in [2.05, 4.69) is 20.3 Å². The number of nitrogens with one attached hydrogen (secondary N) is 1. The molecular weight excluding hydrogens is 190 g/mol. The van der Waals surface area contributed by atoms with Crippen molar-refractivity contribution in [1.82, 2.24) is 19.5 Å². The summed E-state index contributed by atoms with van der Waals surface area (Å²) in [4.78, 5) is 12.5. The van der Waals surface area contributed by atoms with Crippen LogP contribution >= 0.6 is 0 Å². The molecule has 0 amide bonds. The van der Waals surface area contributed by atoms with Crippen molar-refractivity contribution in [2.24, 2.45) is 7.05 Å². The van der Waals surface area contributed by atoms with Crippen LogP contribution in [0.5, 0.6) is 0 Å². The third kappa shape index (κ3) is 2.31. The Morgan fingerprint density at radius 1 is 1.33 bits per heavy atom. The molecule has 2 heterocycles. The number of imidazole rings is 1. The molecular formula is C10H13N5. The van der Waals surface area contributed by atoms with Crippen molar-refractivity contribution >= 4 is 5.95 Å². The molecule has 1 N–H and O–H groups in total. The molecule has 0 aliphatic carbocycles. The highest BCUT2D eigenvalue weighted by Gasteiger charge is 1.99. The van der Waals surface area contributed by atoms with Gasteiger partial charge in [0.2, 0.25) is 5.95 Å². The minimum Gasteiger partial charge on any atom is -0.350 e. The third-order valence-electron chi connectivity index (χ3n) is 2.08. The summed E-state index contributed by atoms with van der Waals surface area (Å²) in [7, 11) is 1.95. The Morgan fingerprint density at radius 2 is 2.20 bits per heavy atom. The van der Waals surface area contributed by atoms with Crippen LogP contribution < -0.4 is 5.32 Å². The second-order valence-electron chi connectivity index (χ2n) is 3.31. The van der Waals surface area contributed by atoms with Crippen molar-refractivity contribution in [3.63, 3.8) is 0 Å². The smallest absolute Gasteiger partial charge is 0.202 e. The van der Waals surface area contributed by atoms with Gasteiger partial charge in [0.1, 0.15) is 5.82 Å². The first-order chi connectivity index (χ1) is 7.25. The molecule has 2 aromatic heterocycles. The first kappa shape index (κ1) is 9.64. The summed E-state index contributed by atoms with van der Waals surface area (Å²) in [6.45, 7) is 2.54. The molecule has 0 unspecified atom stereocenters. The molecule has 0 atom stereocenters. The van der Waals surface area contributed by atoms with E-state index >= 15 is 0 Å². The molecule has 5 heteroatoms. The largest absolute Gasteiger partial charge is 0.350 e. The van der Waals surface area contributed by atoms with Crippen LogP contribution in [0.25, 0.3) is 0 Å². The lowest BCUT2D eigenvalue weighted by Crippen LogP contribution is -2.06. The maximum atomic E-state index is 4.29. The summed E-state index contributed by atoms with van der Waals surface area (Å²) in [6, 6.07) is 1.89. The van der Waals surface area contributed by atoms with Crippen molar-refractivity contribution < 1.29 is 0 Å². The van der Waals surface area contributed by atoms with Gasteiger partial charge in [0.05, 0.1) is 12.2 Å². The fourth-order valence-electron chi connectivity index (χ4n) is 1.31. The van der Waals surface area contributed by atoms with Crippen LogP contribution in [0.2, 0.25) is 0 Å². The third-order valence-corrected chi connectivity index (χ3v) is 2.08. The lowest BCUT2D eigenvalue weighted by molar-refractivity contribution is 0.882. The van der Waals surface area contributed by atoms with E-state index in [4.69, 9.17) is 0 Å². The van der Waals surface area contributed by atoms with Crippen molar-refractivity contribution in [3.8, 4) is 0 Å². The Morgan fingerprint density at radius 3 is 2.87 bits per heavy atom. The van der Waals surface area contributed by atoms with Gasteiger partial charge in [-0.25, -0.2) is 15.0 Å². The van der Waals surface area contributed by atoms with E-state index in [0.717, 1.165) is 17.5 Å². The number of rotatable bonds is 3. The van der Waals surface area contributed by atoms with Crippen LogP contribution in [0.1, 0.15) is 11.5 Å². The highest BCUT2D eigenvalue weighted by Crippen LogP contribution is 2.03. The number of aryl methyl sites for hydroxylation is 2. The summed E-state index contributed by atoms with van der Waals surface area (Å²) >= 11 is 0. The Bertz CT molecular complexity index is 449. The lowest BCUT2D eigenvalue weighted by Gasteiger charge is -2.05. The summed E-state index contributed by atoms with van der Waals surface area (Å²) in [6.07, 6.45) is 5.42. The van der Waals surface area contributed by atoms with Gasteiger partial charge in [-0.15, -0.1) is 0 Å². The zero-order valence-electron chi connectivity index (χ0n) is 8.81. The minimum atomic E-state index is 0.661. The predicted molar refractivity (Wildman–Crippen MR) is 57.3 cm³/mol. The average Bonchev–Trinajstić information content (AvgIpc) is 2.61. The minimum absolute atomic E-state index is 0.661. The van der Waals surface area contributed by atoms with Gasteiger partial charge in [-0.3, -0.25) is 0 Å². The van der Waals surface area contributed by atoms with Gasteiger partial charge in [0.25, 0.3) is 0 Å². The number of hydrogen-bond acceptors (Lipinski definition) is 4. The van der Waals surface area contributed by atoms with Gasteiger partial charge in [0.15, 0.2) is 0 Å². The van der Waals surface area contributed by atoms with Crippen LogP contribution in [0.4, 0.5) is 5.95 Å². The summed E-state index contributed by atoms with van der Waals surface area (Å²) in [5.74, 6) is 1.63. The fourth-order valence-corrected chi connectivity index (χ4v) is 1.31. The second-order valence-corrected chi connectivity index (χ2v) is 3.31. The van der Waals surface area contributed by atoms with Gasteiger partial charge in [0, 0.05) is 25.6 Å². The molecule has 0 aliphatic heterocycles. The quantitative estimate of drug-likeness (QED) is 0.812. The molecule has 0 spiro atoms. The summed E-state index contributed by atoms with van der Waals surface area (Å²) < 4.78 is 1.92. The molecule has 5 nitrogen and oxygen atoms in total. The second kappa shape index (κ2) is 4.08. The Balaban J connectivity index is 2.02. The molecule has 0 saturated carbocycles. The standard InChI is InChI=1S/C10H13N5/c1-8-11-4-3-9(14-8)7-13-10-12-5-6-15(10)2/h3-6H,7H2,1-2H3,(H,12,13). The molecule has 0 bridgehead atoms. The summed E-state index contributed by atoms with van der Waals surface area (Å²) in [5.41, 5.74) is 0.963. The number of anilines is 1. The van der Waals surface area contributed by atoms with Crippen molar-refractivity contribution in [1.29, 1.82) is 0 Å². The van der Waals surface area contributed by atoms with E-state index in [1.165, 1.54) is 0 Å². The number of aromatic nitrogens is 4. The molecule has 2 rings (SSSR count). The van der Waals surface area contributed by atoms with Crippen LogP contribution in [0, 0.1) is 6.92 Å². The molecule has 15 heavy (non-hydrogen) atoms. The zero-order chi connectivity index (χ0) is 10.7. The van der Waals surface area contributed by atoms with Gasteiger partial charge in [-0.05, 0) is 13.0 Å². The number of nitrogens with zero attached hydrogens (tertiary/aromatic N) is 4. The first-order valence-corrected chi connectivity index (χ1v) is 4.75. The van der Waals surface area contributed by atoms with Gasteiger partial charge in [-0.1, -0.05) is 0 Å². The van der Waals surface area contributed by atoms with E-state index < -0.39 is 0 Å². The van der Waals surface area contributed by atoms with Gasteiger partial charge in [-0.2, -0.15) is 0 Å². The Hall–Kier alpha value is -1.91. The molecule has 0 aromatic carbocycles. The van der Waals surface area contributed by atoms with Crippen LogP contribution in [0.15, 0.2) is 24.7 Å². The lowest BCUT2D eigenvalue weighted by atomic mass is 10.4. The van der Waals surface area contributed by atoms with Crippen LogP contribution in [0.3, 0.4) is 0 Å². The Kier molecular flexibility index (Phi) is 2.62. The molecule has 0 fully saturated rings. The summed E-state index contributed by atoms with van der Waals surface area (Å²) in [5, 5.41) is 3.20. The Labute approximate surface area is 88.2 Å². The van der Waals surface area contributed by atoms with E-state index in [9.17, 15) is 0 Å². The van der Waals surface area contributed by atoms with E-state index in [1.54, 1.807) is 12.4 Å². The zero-order valence-corrected chi connectivity index (χ0v) is 8.81. The van der Waals surface area contributed by atoms with Gasteiger partial charge >= 0.3 is 0 Å². The monoisotopic (exact) mass is 203 g/mol. The number of hydrogen-bond donors (Lipinski definition) is 1. The maximum absolute atomic E-state index is 4.29. The van der Waals surface area contributed by atoms with Crippen molar-refractivity contribution in [2.75, 3.05) is 5.32 Å². The molecule has 0 saturated heterocycles. The van der Waals surface area contributed by atoms with Crippen molar-refractivity contribution in [3.05, 3.63) is 36.2 Å². The molecule has 0 radical (unpaired) electrons. The average molecular weight is 203 g/mol. The van der Waals surface area contributed by atoms with Gasteiger partial charge < -0.3 is 9.88 Å². The van der Waals surface area contributed by atoms with Crippen LogP contribution in [-0.4, -0.2) is 19.5 Å². The van der Waals surface area contributed by atoms with E-state index in [0.29, 0.717) is 6.54 Å². The first-order valence-electron chi connectivity index (χ1n) is 4.75. The fraction of sp³-hybridized carbons (Fsp3) is 0.300. The highest BCUT2D eigenvalue weighted by atomic mass is 15.2. The topological polar surface area (TPSA) is 55.6 Å². The molecule has 0 aliphatic rings.